The number of hydrogen-bond donors (Lipinski definition) is 3. The number of alkyl halides is 3. The molecule has 2 aromatic carbocycles. The summed E-state index contributed by atoms with van der Waals surface area (Å²) < 4.78 is 39.3. The Balaban J connectivity index is 1.44. The summed E-state index contributed by atoms with van der Waals surface area (Å²) in [4.78, 5) is 36.2. The van der Waals surface area contributed by atoms with Crippen LogP contribution in [-0.4, -0.2) is 49.7 Å². The predicted molar refractivity (Wildman–Crippen MR) is 153 cm³/mol. The average Bonchev–Trinajstić information content (AvgIpc) is 3.38. The summed E-state index contributed by atoms with van der Waals surface area (Å²) in [7, 11) is 0. The first-order valence-electron chi connectivity index (χ1n) is 13.2. The molecule has 1 aliphatic rings. The normalized spacial score (nSPS) is 19.6. The van der Waals surface area contributed by atoms with E-state index in [4.69, 9.17) is 0 Å². The fraction of sp³-hybridized carbons (Fsp3) is 0.333. The third-order valence-corrected chi connectivity index (χ3v) is 8.79. The molecule has 12 heteroatoms. The highest BCUT2D eigenvalue weighted by Crippen LogP contribution is 2.46. The van der Waals surface area contributed by atoms with E-state index >= 15 is 0 Å². The minimum absolute atomic E-state index is 0.127. The third kappa shape index (κ3) is 5.82. The van der Waals surface area contributed by atoms with Gasteiger partial charge in [0.1, 0.15) is 16.8 Å². The lowest BCUT2D eigenvalue weighted by Crippen LogP contribution is -2.55. The molecular weight excluding hydrogens is 569 g/mol. The van der Waals surface area contributed by atoms with Crippen molar-refractivity contribution in [2.24, 2.45) is 5.41 Å². The Morgan fingerprint density at radius 3 is 2.50 bits per heavy atom. The molecule has 5 rings (SSSR count). The standard InChI is InChI=1S/C30H29F3N4O4S/c1-28(2,3)22-15-29(41,10-11-37(22)27(39)40)23-14-21-24(34-16-35-26(21)42-23)17-6-5-9-20(13-17)36-25(38)18-7-4-8-19(12-18)30(31,32)33/h4-9,12-14,16,22,41H,10-11,15H2,1-3H3,(H,36,38)(H,39,40). The second kappa shape index (κ2) is 10.7. The van der Waals surface area contributed by atoms with Gasteiger partial charge in [-0.1, -0.05) is 39.0 Å². The monoisotopic (exact) mass is 598 g/mol. The van der Waals surface area contributed by atoms with Crippen LogP contribution in [0.3, 0.4) is 0 Å². The van der Waals surface area contributed by atoms with Crippen molar-refractivity contribution in [3.05, 3.63) is 76.9 Å². The molecule has 220 valence electrons. The molecule has 0 saturated carbocycles. The molecule has 0 aliphatic carbocycles. The summed E-state index contributed by atoms with van der Waals surface area (Å²) in [5.74, 6) is -0.688. The molecule has 3 N–H and O–H groups in total. The van der Waals surface area contributed by atoms with Crippen LogP contribution in [0.15, 0.2) is 60.9 Å². The number of halogens is 3. The number of piperidine rings is 1. The zero-order valence-corrected chi connectivity index (χ0v) is 23.9. The number of nitrogens with one attached hydrogen (secondary N) is 1. The number of nitrogens with zero attached hydrogens (tertiary/aromatic N) is 3. The maximum absolute atomic E-state index is 13.1. The van der Waals surface area contributed by atoms with Crippen LogP contribution in [0.2, 0.25) is 0 Å². The van der Waals surface area contributed by atoms with Crippen LogP contribution >= 0.6 is 11.3 Å². The number of benzene rings is 2. The number of hydrogen-bond acceptors (Lipinski definition) is 6. The number of aromatic nitrogens is 2. The largest absolute Gasteiger partial charge is 0.465 e. The van der Waals surface area contributed by atoms with E-state index in [9.17, 15) is 33.0 Å². The molecule has 2 aromatic heterocycles. The van der Waals surface area contributed by atoms with Crippen LogP contribution in [0.25, 0.3) is 21.5 Å². The Hall–Kier alpha value is -4.03. The molecule has 0 bridgehead atoms. The lowest BCUT2D eigenvalue weighted by molar-refractivity contribution is -0.137. The molecule has 1 fully saturated rings. The first-order valence-corrected chi connectivity index (χ1v) is 14.0. The topological polar surface area (TPSA) is 116 Å². The van der Waals surface area contributed by atoms with E-state index in [-0.39, 0.29) is 24.9 Å². The number of carboxylic acid groups (broad SMARTS) is 1. The Kier molecular flexibility index (Phi) is 7.48. The number of anilines is 1. The molecule has 1 aliphatic heterocycles. The highest BCUT2D eigenvalue weighted by atomic mass is 32.1. The summed E-state index contributed by atoms with van der Waals surface area (Å²) in [6.07, 6.45) is -3.71. The fourth-order valence-corrected chi connectivity index (χ4v) is 6.44. The molecule has 4 aromatic rings. The van der Waals surface area contributed by atoms with Crippen LogP contribution < -0.4 is 5.32 Å². The van der Waals surface area contributed by atoms with E-state index in [0.717, 1.165) is 12.1 Å². The maximum Gasteiger partial charge on any atom is 0.416 e. The Bertz CT molecular complexity index is 1670. The molecule has 0 spiro atoms. The Morgan fingerprint density at radius 1 is 1.07 bits per heavy atom. The second-order valence-corrected chi connectivity index (χ2v) is 12.5. The maximum atomic E-state index is 13.1. The van der Waals surface area contributed by atoms with Gasteiger partial charge in [-0.15, -0.1) is 11.3 Å². The third-order valence-electron chi connectivity index (χ3n) is 7.55. The van der Waals surface area contributed by atoms with E-state index < -0.39 is 40.8 Å². The molecule has 3 heterocycles. The van der Waals surface area contributed by atoms with Crippen molar-refractivity contribution in [3.63, 3.8) is 0 Å². The van der Waals surface area contributed by atoms with Crippen molar-refractivity contribution in [3.8, 4) is 11.3 Å². The van der Waals surface area contributed by atoms with Gasteiger partial charge in [-0.25, -0.2) is 14.8 Å². The molecule has 1 saturated heterocycles. The number of thiophene rings is 1. The van der Waals surface area contributed by atoms with Crippen molar-refractivity contribution in [2.75, 3.05) is 11.9 Å². The number of fused-ring (bicyclic) bond motifs is 1. The first-order chi connectivity index (χ1) is 19.7. The molecular formula is C30H29F3N4O4S. The first kappa shape index (κ1) is 29.5. The number of likely N-dealkylation sites (tertiary alicyclic amines) is 1. The summed E-state index contributed by atoms with van der Waals surface area (Å²) in [6.45, 7) is 6.04. The SMILES string of the molecule is CC(C)(C)C1CC(O)(c2cc3c(-c4cccc(NC(=O)c5cccc(C(F)(F)F)c5)c4)ncnc3s2)CCN1C(=O)O. The van der Waals surface area contributed by atoms with Crippen molar-refractivity contribution < 1.29 is 33.0 Å². The molecule has 8 nitrogen and oxygen atoms in total. The van der Waals surface area contributed by atoms with Crippen LogP contribution in [0.4, 0.5) is 23.7 Å². The quantitative estimate of drug-likeness (QED) is 0.233. The van der Waals surface area contributed by atoms with Crippen LogP contribution in [0.5, 0.6) is 0 Å². The van der Waals surface area contributed by atoms with Gasteiger partial charge < -0.3 is 20.4 Å². The summed E-state index contributed by atoms with van der Waals surface area (Å²) >= 11 is 1.32. The molecule has 2 amide bonds. The van der Waals surface area contributed by atoms with Crippen LogP contribution in [0, 0.1) is 5.41 Å². The molecule has 2 atom stereocenters. The predicted octanol–water partition coefficient (Wildman–Crippen LogP) is 7.01. The van der Waals surface area contributed by atoms with Gasteiger partial charge in [0.05, 0.1) is 11.3 Å². The van der Waals surface area contributed by atoms with Gasteiger partial charge in [0.15, 0.2) is 0 Å². The summed E-state index contributed by atoms with van der Waals surface area (Å²) in [6, 6.07) is 12.4. The van der Waals surface area contributed by atoms with E-state index in [1.807, 2.05) is 26.8 Å². The van der Waals surface area contributed by atoms with Crippen molar-refractivity contribution in [1.82, 2.24) is 14.9 Å². The van der Waals surface area contributed by atoms with Crippen molar-refractivity contribution >= 4 is 39.2 Å². The van der Waals surface area contributed by atoms with Gasteiger partial charge in [0.25, 0.3) is 5.91 Å². The number of rotatable bonds is 4. The highest BCUT2D eigenvalue weighted by Gasteiger charge is 2.46. The minimum Gasteiger partial charge on any atom is -0.465 e. The number of amides is 2. The van der Waals surface area contributed by atoms with Crippen molar-refractivity contribution in [1.29, 1.82) is 0 Å². The Morgan fingerprint density at radius 2 is 1.81 bits per heavy atom. The molecule has 42 heavy (non-hydrogen) atoms. The minimum atomic E-state index is -4.57. The van der Waals surface area contributed by atoms with Gasteiger partial charge in [0, 0.05) is 46.1 Å². The summed E-state index contributed by atoms with van der Waals surface area (Å²) in [5.41, 5.74) is -1.14. The highest BCUT2D eigenvalue weighted by molar-refractivity contribution is 7.18. The van der Waals surface area contributed by atoms with Gasteiger partial charge in [0.2, 0.25) is 0 Å². The molecule has 0 radical (unpaired) electrons. The zero-order chi connectivity index (χ0) is 30.4. The average molecular weight is 599 g/mol. The lowest BCUT2D eigenvalue weighted by atomic mass is 9.74. The van der Waals surface area contributed by atoms with E-state index in [0.29, 0.717) is 32.0 Å². The van der Waals surface area contributed by atoms with Gasteiger partial charge >= 0.3 is 12.3 Å². The van der Waals surface area contributed by atoms with Crippen molar-refractivity contribution in [2.45, 2.75) is 51.4 Å². The smallest absolute Gasteiger partial charge is 0.416 e. The van der Waals surface area contributed by atoms with Gasteiger partial charge in [-0.05, 0) is 48.2 Å². The second-order valence-electron chi connectivity index (χ2n) is 11.5. The van der Waals surface area contributed by atoms with Crippen LogP contribution in [0.1, 0.15) is 54.4 Å². The van der Waals surface area contributed by atoms with E-state index in [2.05, 4.69) is 15.3 Å². The number of aliphatic hydroxyl groups is 1. The summed E-state index contributed by atoms with van der Waals surface area (Å²) in [5, 5.41) is 24.8. The van der Waals surface area contributed by atoms with Crippen LogP contribution in [-0.2, 0) is 11.8 Å². The number of carbonyl (C=O) groups is 2. The van der Waals surface area contributed by atoms with Gasteiger partial charge in [-0.3, -0.25) is 4.79 Å². The fourth-order valence-electron chi connectivity index (χ4n) is 5.32. The van der Waals surface area contributed by atoms with E-state index in [1.54, 1.807) is 24.3 Å². The zero-order valence-electron chi connectivity index (χ0n) is 23.1. The van der Waals surface area contributed by atoms with Gasteiger partial charge in [-0.2, -0.15) is 13.2 Å². The lowest BCUT2D eigenvalue weighted by Gasteiger charge is -2.47. The number of carbonyl (C=O) groups excluding carboxylic acids is 1. The van der Waals surface area contributed by atoms with E-state index in [1.165, 1.54) is 34.7 Å². The molecule has 2 unspecified atom stereocenters. The Labute approximate surface area is 243 Å².